The molecule has 1 atom stereocenters. The largest absolute Gasteiger partial charge is 0.339 e. The highest BCUT2D eigenvalue weighted by Gasteiger charge is 2.21. The van der Waals surface area contributed by atoms with E-state index in [2.05, 4.69) is 5.10 Å². The zero-order valence-electron chi connectivity index (χ0n) is 14.6. The number of aryl methyl sites for hydroxylation is 2. The molecule has 1 unspecified atom stereocenters. The molecule has 7 heteroatoms. The van der Waals surface area contributed by atoms with Crippen LogP contribution in [0.2, 0.25) is 0 Å². The van der Waals surface area contributed by atoms with Crippen molar-refractivity contribution in [2.24, 2.45) is 7.05 Å². The molecule has 1 aromatic heterocycles. The molecule has 0 radical (unpaired) electrons. The summed E-state index contributed by atoms with van der Waals surface area (Å²) in [5.74, 6) is -0.0480. The van der Waals surface area contributed by atoms with Crippen molar-refractivity contribution in [1.29, 1.82) is 0 Å². The third kappa shape index (κ3) is 3.45. The fourth-order valence-electron chi connectivity index (χ4n) is 2.69. The van der Waals surface area contributed by atoms with Crippen molar-refractivity contribution in [3.8, 4) is 0 Å². The van der Waals surface area contributed by atoms with Crippen LogP contribution in [-0.4, -0.2) is 32.6 Å². The molecular weight excluding hydrogens is 308 g/mol. The fraction of sp³-hybridized carbons (Fsp3) is 0.412. The third-order valence-corrected chi connectivity index (χ3v) is 4.52. The number of carbonyl (C=O) groups excluding carboxylic acids is 1. The Morgan fingerprint density at radius 3 is 2.62 bits per heavy atom. The monoisotopic (exact) mass is 330 g/mol. The van der Waals surface area contributed by atoms with E-state index < -0.39 is 4.92 Å². The normalized spacial score (nSPS) is 12.0. The molecule has 0 saturated carbocycles. The minimum atomic E-state index is -0.430. The Morgan fingerprint density at radius 1 is 1.42 bits per heavy atom. The molecule has 0 fully saturated rings. The van der Waals surface area contributed by atoms with Crippen molar-refractivity contribution < 1.29 is 9.72 Å². The summed E-state index contributed by atoms with van der Waals surface area (Å²) < 4.78 is 1.77. The van der Waals surface area contributed by atoms with E-state index in [9.17, 15) is 14.9 Å². The maximum Gasteiger partial charge on any atom is 0.269 e. The van der Waals surface area contributed by atoms with Gasteiger partial charge in [0.05, 0.1) is 23.1 Å². The second-order valence-electron chi connectivity index (χ2n) is 5.98. The van der Waals surface area contributed by atoms with Gasteiger partial charge in [-0.25, -0.2) is 0 Å². The van der Waals surface area contributed by atoms with Gasteiger partial charge in [-0.15, -0.1) is 0 Å². The van der Waals surface area contributed by atoms with Gasteiger partial charge in [-0.2, -0.15) is 5.10 Å². The van der Waals surface area contributed by atoms with Crippen molar-refractivity contribution in [3.63, 3.8) is 0 Å². The van der Waals surface area contributed by atoms with Gasteiger partial charge in [0.2, 0.25) is 5.91 Å². The molecule has 7 nitrogen and oxygen atoms in total. The molecule has 2 aromatic rings. The van der Waals surface area contributed by atoms with Crippen molar-refractivity contribution >= 4 is 11.6 Å². The van der Waals surface area contributed by atoms with Crippen LogP contribution in [0, 0.1) is 24.0 Å². The molecule has 1 aromatic carbocycles. The number of rotatable bonds is 5. The van der Waals surface area contributed by atoms with Crippen LogP contribution in [0.5, 0.6) is 0 Å². The van der Waals surface area contributed by atoms with E-state index in [-0.39, 0.29) is 24.1 Å². The smallest absolute Gasteiger partial charge is 0.269 e. The number of nitro benzene ring substituents is 1. The number of aromatic nitrogens is 2. The van der Waals surface area contributed by atoms with Gasteiger partial charge in [0.15, 0.2) is 0 Å². The zero-order valence-corrected chi connectivity index (χ0v) is 14.6. The SMILES string of the molecule is Cc1nn(C)c(C)c1CC(=O)N(C)C(C)c1cccc([N+](=O)[O-])c1. The maximum absolute atomic E-state index is 12.6. The highest BCUT2D eigenvalue weighted by molar-refractivity contribution is 5.79. The lowest BCUT2D eigenvalue weighted by Gasteiger charge is -2.25. The summed E-state index contributed by atoms with van der Waals surface area (Å²) in [6.45, 7) is 5.69. The topological polar surface area (TPSA) is 81.3 Å². The molecule has 1 amide bonds. The van der Waals surface area contributed by atoms with Crippen LogP contribution in [0.15, 0.2) is 24.3 Å². The van der Waals surface area contributed by atoms with Crippen LogP contribution in [0.3, 0.4) is 0 Å². The van der Waals surface area contributed by atoms with Crippen LogP contribution < -0.4 is 0 Å². The van der Waals surface area contributed by atoms with Crippen molar-refractivity contribution in [2.45, 2.75) is 33.2 Å². The molecule has 1 heterocycles. The Morgan fingerprint density at radius 2 is 2.08 bits per heavy atom. The van der Waals surface area contributed by atoms with Gasteiger partial charge in [-0.1, -0.05) is 12.1 Å². The van der Waals surface area contributed by atoms with Crippen LogP contribution in [0.4, 0.5) is 5.69 Å². The van der Waals surface area contributed by atoms with E-state index in [0.29, 0.717) is 0 Å². The minimum absolute atomic E-state index is 0.0270. The number of hydrogen-bond acceptors (Lipinski definition) is 4. The molecule has 0 bridgehead atoms. The van der Waals surface area contributed by atoms with Gasteiger partial charge in [0, 0.05) is 37.5 Å². The van der Waals surface area contributed by atoms with Crippen molar-refractivity contribution in [3.05, 3.63) is 56.9 Å². The number of nitrogens with zero attached hydrogens (tertiary/aromatic N) is 4. The lowest BCUT2D eigenvalue weighted by atomic mass is 10.0. The molecule has 24 heavy (non-hydrogen) atoms. The summed E-state index contributed by atoms with van der Waals surface area (Å²) >= 11 is 0. The zero-order chi connectivity index (χ0) is 18.0. The highest BCUT2D eigenvalue weighted by Crippen LogP contribution is 2.24. The Labute approximate surface area is 141 Å². The van der Waals surface area contributed by atoms with E-state index in [4.69, 9.17) is 0 Å². The van der Waals surface area contributed by atoms with E-state index in [1.54, 1.807) is 28.8 Å². The number of amides is 1. The number of nitro groups is 1. The summed E-state index contributed by atoms with van der Waals surface area (Å²) in [7, 11) is 3.57. The maximum atomic E-state index is 12.6. The quantitative estimate of drug-likeness (QED) is 0.623. The summed E-state index contributed by atoms with van der Waals surface area (Å²) in [5.41, 5.74) is 3.51. The van der Waals surface area contributed by atoms with E-state index in [1.165, 1.54) is 12.1 Å². The van der Waals surface area contributed by atoms with E-state index in [1.807, 2.05) is 27.8 Å². The van der Waals surface area contributed by atoms with Gasteiger partial charge in [0.25, 0.3) is 5.69 Å². The highest BCUT2D eigenvalue weighted by atomic mass is 16.6. The fourth-order valence-corrected chi connectivity index (χ4v) is 2.69. The Bertz CT molecular complexity index is 782. The van der Waals surface area contributed by atoms with E-state index >= 15 is 0 Å². The second-order valence-corrected chi connectivity index (χ2v) is 5.98. The van der Waals surface area contributed by atoms with Gasteiger partial charge < -0.3 is 4.90 Å². The summed E-state index contributed by atoms with van der Waals surface area (Å²) in [5, 5.41) is 15.2. The molecule has 2 rings (SSSR count). The molecular formula is C17H22N4O3. The molecule has 0 aliphatic rings. The second kappa shape index (κ2) is 6.82. The molecule has 128 valence electrons. The van der Waals surface area contributed by atoms with Gasteiger partial charge in [0.1, 0.15) is 0 Å². The standard InChI is InChI=1S/C17H22N4O3/c1-11-16(13(3)20(5)18-11)10-17(22)19(4)12(2)14-7-6-8-15(9-14)21(23)24/h6-9,12H,10H2,1-5H3. The first-order chi connectivity index (χ1) is 11.2. The lowest BCUT2D eigenvalue weighted by molar-refractivity contribution is -0.384. The average Bonchev–Trinajstić information content (AvgIpc) is 2.79. The predicted molar refractivity (Wildman–Crippen MR) is 90.7 cm³/mol. The lowest BCUT2D eigenvalue weighted by Crippen LogP contribution is -2.31. The predicted octanol–water partition coefficient (Wildman–Crippen LogP) is 2.71. The van der Waals surface area contributed by atoms with Crippen LogP contribution in [0.25, 0.3) is 0 Å². The third-order valence-electron chi connectivity index (χ3n) is 4.52. The van der Waals surface area contributed by atoms with Gasteiger partial charge in [-0.3, -0.25) is 19.6 Å². The first kappa shape index (κ1) is 17.7. The van der Waals surface area contributed by atoms with Crippen molar-refractivity contribution in [2.75, 3.05) is 7.05 Å². The van der Waals surface area contributed by atoms with Crippen LogP contribution >= 0.6 is 0 Å². The number of non-ortho nitro benzene ring substituents is 1. The van der Waals surface area contributed by atoms with Crippen LogP contribution in [0.1, 0.15) is 35.5 Å². The number of benzene rings is 1. The average molecular weight is 330 g/mol. The first-order valence-electron chi connectivity index (χ1n) is 7.71. The Kier molecular flexibility index (Phi) is 5.02. The summed E-state index contributed by atoms with van der Waals surface area (Å²) in [6.07, 6.45) is 0.265. The number of hydrogen-bond donors (Lipinski definition) is 0. The number of likely N-dealkylation sites (N-methyl/N-ethyl adjacent to an activating group) is 1. The van der Waals surface area contributed by atoms with Crippen LogP contribution in [-0.2, 0) is 18.3 Å². The molecule has 0 aliphatic carbocycles. The molecule has 0 spiro atoms. The molecule has 0 saturated heterocycles. The first-order valence-corrected chi connectivity index (χ1v) is 7.71. The molecule has 0 aliphatic heterocycles. The minimum Gasteiger partial charge on any atom is -0.339 e. The number of carbonyl (C=O) groups is 1. The van der Waals surface area contributed by atoms with E-state index in [0.717, 1.165) is 22.5 Å². The Balaban J connectivity index is 2.18. The molecule has 0 N–H and O–H groups in total. The summed E-state index contributed by atoms with van der Waals surface area (Å²) in [4.78, 5) is 24.7. The summed E-state index contributed by atoms with van der Waals surface area (Å²) in [6, 6.07) is 6.13. The van der Waals surface area contributed by atoms with Gasteiger partial charge >= 0.3 is 0 Å². The Hall–Kier alpha value is -2.70. The van der Waals surface area contributed by atoms with Crippen molar-refractivity contribution in [1.82, 2.24) is 14.7 Å². The van der Waals surface area contributed by atoms with Gasteiger partial charge in [-0.05, 0) is 26.3 Å².